The quantitative estimate of drug-likeness (QED) is 0.652. The Labute approximate surface area is 176 Å². The molecule has 0 spiro atoms. The Bertz CT molecular complexity index is 986. The highest BCUT2D eigenvalue weighted by Crippen LogP contribution is 2.28. The van der Waals surface area contributed by atoms with E-state index in [-0.39, 0.29) is 11.8 Å². The first-order valence-electron chi connectivity index (χ1n) is 9.22. The van der Waals surface area contributed by atoms with Crippen molar-refractivity contribution in [1.82, 2.24) is 20.2 Å². The lowest BCUT2D eigenvalue weighted by Crippen LogP contribution is -2.45. The molecule has 0 radical (unpaired) electrons. The van der Waals surface area contributed by atoms with Crippen LogP contribution in [0.1, 0.15) is 28.9 Å². The molecule has 3 aromatic heterocycles. The van der Waals surface area contributed by atoms with E-state index in [1.165, 1.54) is 13.3 Å². The number of hydrogen-bond donors (Lipinski definition) is 1. The Morgan fingerprint density at radius 2 is 2.21 bits per heavy atom. The number of likely N-dealkylation sites (tertiary alicyclic amines) is 1. The summed E-state index contributed by atoms with van der Waals surface area (Å²) in [7, 11) is 1.52. The Morgan fingerprint density at radius 1 is 1.31 bits per heavy atom. The molecule has 1 unspecified atom stereocenters. The van der Waals surface area contributed by atoms with Crippen LogP contribution in [0.15, 0.2) is 41.2 Å². The van der Waals surface area contributed by atoms with Crippen LogP contribution in [-0.4, -0.2) is 46.4 Å². The van der Waals surface area contributed by atoms with Gasteiger partial charge in [0.1, 0.15) is 11.0 Å². The molecule has 29 heavy (non-hydrogen) atoms. The average Bonchev–Trinajstić information content (AvgIpc) is 3.52. The SMILES string of the molecule is COc1ccc(C(=O)N2CCCC2C(=O)NCc2csc(-c3cccs3)n2)cn1. The number of amides is 2. The predicted molar refractivity (Wildman–Crippen MR) is 112 cm³/mol. The summed E-state index contributed by atoms with van der Waals surface area (Å²) >= 11 is 3.20. The number of ether oxygens (including phenoxy) is 1. The molecule has 1 N–H and O–H groups in total. The van der Waals surface area contributed by atoms with E-state index in [9.17, 15) is 9.59 Å². The maximum atomic E-state index is 12.8. The highest BCUT2D eigenvalue weighted by molar-refractivity contribution is 7.20. The van der Waals surface area contributed by atoms with Gasteiger partial charge in [0.05, 0.1) is 29.8 Å². The molecule has 1 aliphatic rings. The number of rotatable bonds is 6. The van der Waals surface area contributed by atoms with Gasteiger partial charge in [-0.25, -0.2) is 9.97 Å². The van der Waals surface area contributed by atoms with Crippen molar-refractivity contribution in [3.8, 4) is 15.8 Å². The molecule has 0 bridgehead atoms. The molecule has 9 heteroatoms. The van der Waals surface area contributed by atoms with E-state index in [0.29, 0.717) is 31.0 Å². The number of aromatic nitrogens is 2. The van der Waals surface area contributed by atoms with E-state index in [0.717, 1.165) is 22.0 Å². The minimum atomic E-state index is -0.472. The van der Waals surface area contributed by atoms with Crippen LogP contribution in [0.4, 0.5) is 0 Å². The Kier molecular flexibility index (Phi) is 5.86. The van der Waals surface area contributed by atoms with Crippen molar-refractivity contribution in [3.05, 3.63) is 52.5 Å². The van der Waals surface area contributed by atoms with Crippen molar-refractivity contribution in [2.45, 2.75) is 25.4 Å². The number of methoxy groups -OCH3 is 1. The summed E-state index contributed by atoms with van der Waals surface area (Å²) in [6.07, 6.45) is 2.93. The number of carbonyl (C=O) groups excluding carboxylic acids is 2. The summed E-state index contributed by atoms with van der Waals surface area (Å²) < 4.78 is 5.03. The molecular formula is C20H20N4O3S2. The molecule has 7 nitrogen and oxygen atoms in total. The normalized spacial score (nSPS) is 16.0. The van der Waals surface area contributed by atoms with Crippen LogP contribution in [0.5, 0.6) is 5.88 Å². The topological polar surface area (TPSA) is 84.4 Å². The Balaban J connectivity index is 1.38. The van der Waals surface area contributed by atoms with Gasteiger partial charge in [-0.3, -0.25) is 9.59 Å². The summed E-state index contributed by atoms with van der Waals surface area (Å²) in [5.41, 5.74) is 1.27. The van der Waals surface area contributed by atoms with Gasteiger partial charge in [0.2, 0.25) is 11.8 Å². The Hall–Kier alpha value is -2.78. The standard InChI is InChI=1S/C20H20N4O3S2/c1-27-17-7-6-13(10-21-17)20(26)24-8-2-4-15(24)18(25)22-11-14-12-29-19(23-14)16-5-3-9-28-16/h3,5-7,9-10,12,15H,2,4,8,11H2,1H3,(H,22,25). The van der Waals surface area contributed by atoms with Gasteiger partial charge in [0.25, 0.3) is 5.91 Å². The summed E-state index contributed by atoms with van der Waals surface area (Å²) in [4.78, 5) is 37.0. The lowest BCUT2D eigenvalue weighted by Gasteiger charge is -2.23. The number of nitrogens with zero attached hydrogens (tertiary/aromatic N) is 3. The summed E-state index contributed by atoms with van der Waals surface area (Å²) in [6, 6.07) is 6.86. The van der Waals surface area contributed by atoms with E-state index >= 15 is 0 Å². The summed E-state index contributed by atoms with van der Waals surface area (Å²) in [5, 5.41) is 7.86. The minimum absolute atomic E-state index is 0.150. The van der Waals surface area contributed by atoms with Crippen LogP contribution < -0.4 is 10.1 Å². The van der Waals surface area contributed by atoms with Crippen molar-refractivity contribution in [1.29, 1.82) is 0 Å². The summed E-state index contributed by atoms with van der Waals surface area (Å²) in [6.45, 7) is 0.908. The molecule has 1 aliphatic heterocycles. The molecule has 2 amide bonds. The zero-order valence-corrected chi connectivity index (χ0v) is 17.5. The minimum Gasteiger partial charge on any atom is -0.481 e. The fourth-order valence-corrected chi connectivity index (χ4v) is 4.91. The van der Waals surface area contributed by atoms with Gasteiger partial charge in [-0.1, -0.05) is 6.07 Å². The molecule has 4 heterocycles. The number of hydrogen-bond acceptors (Lipinski definition) is 7. The molecular weight excluding hydrogens is 408 g/mol. The lowest BCUT2D eigenvalue weighted by atomic mass is 10.2. The molecule has 1 atom stereocenters. The molecule has 0 saturated carbocycles. The van der Waals surface area contributed by atoms with Crippen LogP contribution >= 0.6 is 22.7 Å². The smallest absolute Gasteiger partial charge is 0.256 e. The van der Waals surface area contributed by atoms with E-state index in [2.05, 4.69) is 15.3 Å². The number of carbonyl (C=O) groups is 2. The van der Waals surface area contributed by atoms with E-state index in [4.69, 9.17) is 4.74 Å². The highest BCUT2D eigenvalue weighted by Gasteiger charge is 2.34. The third-order valence-corrected chi connectivity index (χ3v) is 6.67. The van der Waals surface area contributed by atoms with Crippen LogP contribution in [0.25, 0.3) is 9.88 Å². The first-order chi connectivity index (χ1) is 14.2. The highest BCUT2D eigenvalue weighted by atomic mass is 32.1. The zero-order valence-electron chi connectivity index (χ0n) is 15.8. The first kappa shape index (κ1) is 19.5. The first-order valence-corrected chi connectivity index (χ1v) is 11.0. The Morgan fingerprint density at radius 3 is 2.93 bits per heavy atom. The largest absolute Gasteiger partial charge is 0.481 e. The molecule has 4 rings (SSSR count). The van der Waals surface area contributed by atoms with Crippen molar-refractivity contribution < 1.29 is 14.3 Å². The molecule has 150 valence electrons. The van der Waals surface area contributed by atoms with Gasteiger partial charge < -0.3 is 15.0 Å². The third-order valence-electron chi connectivity index (χ3n) is 4.74. The lowest BCUT2D eigenvalue weighted by molar-refractivity contribution is -0.125. The van der Waals surface area contributed by atoms with Crippen molar-refractivity contribution in [2.75, 3.05) is 13.7 Å². The molecule has 1 saturated heterocycles. The fraction of sp³-hybridized carbons (Fsp3) is 0.300. The molecule has 1 fully saturated rings. The monoisotopic (exact) mass is 428 g/mol. The van der Waals surface area contributed by atoms with E-state index in [1.54, 1.807) is 39.7 Å². The zero-order chi connectivity index (χ0) is 20.2. The number of pyridine rings is 1. The number of thiazole rings is 1. The van der Waals surface area contributed by atoms with Crippen molar-refractivity contribution in [2.24, 2.45) is 0 Å². The summed E-state index contributed by atoms with van der Waals surface area (Å²) in [5.74, 6) is 0.108. The third kappa shape index (κ3) is 4.30. The number of nitrogens with one attached hydrogen (secondary N) is 1. The van der Waals surface area contributed by atoms with Crippen LogP contribution in [0.2, 0.25) is 0 Å². The predicted octanol–water partition coefficient (Wildman–Crippen LogP) is 3.20. The molecule has 3 aromatic rings. The maximum absolute atomic E-state index is 12.8. The van der Waals surface area contributed by atoms with E-state index in [1.807, 2.05) is 22.9 Å². The van der Waals surface area contributed by atoms with Gasteiger partial charge >= 0.3 is 0 Å². The van der Waals surface area contributed by atoms with Crippen LogP contribution in [-0.2, 0) is 11.3 Å². The van der Waals surface area contributed by atoms with Gasteiger partial charge in [-0.15, -0.1) is 22.7 Å². The second kappa shape index (κ2) is 8.71. The second-order valence-corrected chi connectivity index (χ2v) is 8.39. The van der Waals surface area contributed by atoms with Gasteiger partial charge in [-0.05, 0) is 30.4 Å². The van der Waals surface area contributed by atoms with Gasteiger partial charge in [0, 0.05) is 24.2 Å². The van der Waals surface area contributed by atoms with E-state index < -0.39 is 6.04 Å². The maximum Gasteiger partial charge on any atom is 0.256 e. The number of thiophene rings is 1. The van der Waals surface area contributed by atoms with Gasteiger partial charge in [-0.2, -0.15) is 0 Å². The van der Waals surface area contributed by atoms with Crippen molar-refractivity contribution in [3.63, 3.8) is 0 Å². The second-order valence-electron chi connectivity index (χ2n) is 6.58. The van der Waals surface area contributed by atoms with Gasteiger partial charge in [0.15, 0.2) is 0 Å². The average molecular weight is 429 g/mol. The van der Waals surface area contributed by atoms with Crippen LogP contribution in [0.3, 0.4) is 0 Å². The van der Waals surface area contributed by atoms with Crippen LogP contribution in [0, 0.1) is 0 Å². The molecule has 0 aromatic carbocycles. The molecule has 0 aliphatic carbocycles. The van der Waals surface area contributed by atoms with Crippen molar-refractivity contribution >= 4 is 34.5 Å². The fourth-order valence-electron chi connectivity index (χ4n) is 3.27.